The fourth-order valence-corrected chi connectivity index (χ4v) is 5.29. The van der Waals surface area contributed by atoms with Gasteiger partial charge in [0.2, 0.25) is 10.0 Å². The van der Waals surface area contributed by atoms with Crippen LogP contribution < -0.4 is 0 Å². The van der Waals surface area contributed by atoms with E-state index >= 15 is 0 Å². The highest BCUT2D eigenvalue weighted by molar-refractivity contribution is 7.89. The van der Waals surface area contributed by atoms with Gasteiger partial charge >= 0.3 is 5.97 Å². The average Bonchev–Trinajstić information content (AvgIpc) is 2.89. The van der Waals surface area contributed by atoms with Gasteiger partial charge in [0.1, 0.15) is 0 Å². The second-order valence-corrected chi connectivity index (χ2v) is 7.26. The van der Waals surface area contributed by atoms with Crippen molar-refractivity contribution in [3.63, 3.8) is 0 Å². The Balaban J connectivity index is 2.15. The second kappa shape index (κ2) is 5.57. The summed E-state index contributed by atoms with van der Waals surface area (Å²) in [5, 5.41) is -0.567. The van der Waals surface area contributed by atoms with Crippen LogP contribution in [0.3, 0.4) is 0 Å². The molecule has 2 fully saturated rings. The standard InChI is InChI=1S/C12H21NO4S/c1-17-12(14)10-6-5-7-11(10)18(15,16)13-8-3-2-4-9-13/h10-11H,2-9H2,1H3. The molecule has 0 N–H and O–H groups in total. The Morgan fingerprint density at radius 1 is 1.11 bits per heavy atom. The molecule has 2 rings (SSSR count). The Bertz CT molecular complexity index is 400. The van der Waals surface area contributed by atoms with Crippen molar-refractivity contribution in [1.29, 1.82) is 0 Å². The zero-order chi connectivity index (χ0) is 13.2. The van der Waals surface area contributed by atoms with E-state index in [-0.39, 0.29) is 5.97 Å². The van der Waals surface area contributed by atoms with Crippen molar-refractivity contribution in [3.05, 3.63) is 0 Å². The molecule has 0 spiro atoms. The number of sulfonamides is 1. The second-order valence-electron chi connectivity index (χ2n) is 5.10. The zero-order valence-electron chi connectivity index (χ0n) is 10.8. The highest BCUT2D eigenvalue weighted by Gasteiger charge is 2.44. The molecule has 104 valence electrons. The number of hydrogen-bond acceptors (Lipinski definition) is 4. The van der Waals surface area contributed by atoms with Gasteiger partial charge in [-0.1, -0.05) is 12.8 Å². The van der Waals surface area contributed by atoms with Crippen LogP contribution in [-0.4, -0.2) is 44.1 Å². The monoisotopic (exact) mass is 275 g/mol. The van der Waals surface area contributed by atoms with Crippen LogP contribution in [0.25, 0.3) is 0 Å². The lowest BCUT2D eigenvalue weighted by molar-refractivity contribution is -0.145. The molecule has 0 aromatic rings. The van der Waals surface area contributed by atoms with Gasteiger partial charge in [0.25, 0.3) is 0 Å². The topological polar surface area (TPSA) is 63.7 Å². The van der Waals surface area contributed by atoms with Gasteiger partial charge in [0, 0.05) is 13.1 Å². The van der Waals surface area contributed by atoms with Crippen LogP contribution in [-0.2, 0) is 19.6 Å². The molecule has 2 unspecified atom stereocenters. The van der Waals surface area contributed by atoms with Crippen LogP contribution in [0.2, 0.25) is 0 Å². The third kappa shape index (κ3) is 2.54. The molecule has 1 heterocycles. The van der Waals surface area contributed by atoms with Crippen LogP contribution in [0.5, 0.6) is 0 Å². The SMILES string of the molecule is COC(=O)C1CCCC1S(=O)(=O)N1CCCCC1. The summed E-state index contributed by atoms with van der Waals surface area (Å²) in [5.41, 5.74) is 0. The Labute approximate surface area is 109 Å². The highest BCUT2D eigenvalue weighted by atomic mass is 32.2. The predicted octanol–water partition coefficient (Wildman–Crippen LogP) is 1.14. The molecule has 1 aliphatic heterocycles. The quantitative estimate of drug-likeness (QED) is 0.725. The molecular weight excluding hydrogens is 254 g/mol. The third-order valence-corrected chi connectivity index (χ3v) is 6.43. The maximum atomic E-state index is 12.5. The molecule has 6 heteroatoms. The van der Waals surface area contributed by atoms with Gasteiger partial charge in [-0.2, -0.15) is 0 Å². The van der Waals surface area contributed by atoms with E-state index in [2.05, 4.69) is 0 Å². The van der Waals surface area contributed by atoms with Crippen molar-refractivity contribution in [2.45, 2.75) is 43.8 Å². The third-order valence-electron chi connectivity index (χ3n) is 4.01. The summed E-state index contributed by atoms with van der Waals surface area (Å²) in [6.07, 6.45) is 4.95. The number of hydrogen-bond donors (Lipinski definition) is 0. The Morgan fingerprint density at radius 2 is 1.78 bits per heavy atom. The van der Waals surface area contributed by atoms with E-state index in [0.29, 0.717) is 25.9 Å². The van der Waals surface area contributed by atoms with Crippen molar-refractivity contribution < 1.29 is 17.9 Å². The van der Waals surface area contributed by atoms with E-state index in [1.807, 2.05) is 0 Å². The van der Waals surface area contributed by atoms with Crippen molar-refractivity contribution in [1.82, 2.24) is 4.31 Å². The summed E-state index contributed by atoms with van der Waals surface area (Å²) in [5.74, 6) is -0.847. The molecule has 1 saturated heterocycles. The van der Waals surface area contributed by atoms with Gasteiger partial charge < -0.3 is 4.74 Å². The lowest BCUT2D eigenvalue weighted by Gasteiger charge is -2.30. The van der Waals surface area contributed by atoms with E-state index in [4.69, 9.17) is 4.74 Å². The minimum Gasteiger partial charge on any atom is -0.469 e. The van der Waals surface area contributed by atoms with Gasteiger partial charge in [-0.05, 0) is 25.7 Å². The van der Waals surface area contributed by atoms with Crippen LogP contribution in [0.4, 0.5) is 0 Å². The molecule has 2 atom stereocenters. The molecule has 2 aliphatic rings. The van der Waals surface area contributed by atoms with E-state index in [9.17, 15) is 13.2 Å². The maximum Gasteiger partial charge on any atom is 0.310 e. The minimum absolute atomic E-state index is 0.377. The summed E-state index contributed by atoms with van der Waals surface area (Å²) in [7, 11) is -2.01. The van der Waals surface area contributed by atoms with Crippen molar-refractivity contribution in [2.75, 3.05) is 20.2 Å². The summed E-state index contributed by atoms with van der Waals surface area (Å²) in [6, 6.07) is 0. The number of esters is 1. The summed E-state index contributed by atoms with van der Waals surface area (Å²) >= 11 is 0. The first-order valence-electron chi connectivity index (χ1n) is 6.64. The molecule has 0 aromatic carbocycles. The van der Waals surface area contributed by atoms with E-state index < -0.39 is 21.2 Å². The molecule has 0 aromatic heterocycles. The fourth-order valence-electron chi connectivity index (χ4n) is 3.01. The van der Waals surface area contributed by atoms with Crippen molar-refractivity contribution in [3.8, 4) is 0 Å². The maximum absolute atomic E-state index is 12.5. The van der Waals surface area contributed by atoms with Crippen LogP contribution in [0.1, 0.15) is 38.5 Å². The molecule has 0 radical (unpaired) electrons. The van der Waals surface area contributed by atoms with Crippen molar-refractivity contribution >= 4 is 16.0 Å². The average molecular weight is 275 g/mol. The molecule has 1 aliphatic carbocycles. The van der Waals surface area contributed by atoms with E-state index in [1.54, 1.807) is 4.31 Å². The van der Waals surface area contributed by atoms with Crippen LogP contribution in [0.15, 0.2) is 0 Å². The first-order chi connectivity index (χ1) is 8.57. The number of carbonyl (C=O) groups is 1. The Kier molecular flexibility index (Phi) is 4.27. The van der Waals surface area contributed by atoms with Gasteiger partial charge in [0.15, 0.2) is 0 Å². The van der Waals surface area contributed by atoms with E-state index in [0.717, 1.165) is 25.7 Å². The number of piperidine rings is 1. The summed E-state index contributed by atoms with van der Waals surface area (Å²) in [6.45, 7) is 1.21. The molecular formula is C12H21NO4S. The summed E-state index contributed by atoms with van der Waals surface area (Å²) < 4.78 is 31.4. The number of nitrogens with zero attached hydrogens (tertiary/aromatic N) is 1. The Hall–Kier alpha value is -0.620. The number of ether oxygens (including phenoxy) is 1. The van der Waals surface area contributed by atoms with Gasteiger partial charge in [-0.25, -0.2) is 12.7 Å². The number of carbonyl (C=O) groups excluding carboxylic acids is 1. The molecule has 0 amide bonds. The van der Waals surface area contributed by atoms with Gasteiger partial charge in [-0.15, -0.1) is 0 Å². The lowest BCUT2D eigenvalue weighted by atomic mass is 10.1. The number of methoxy groups -OCH3 is 1. The van der Waals surface area contributed by atoms with Crippen LogP contribution >= 0.6 is 0 Å². The van der Waals surface area contributed by atoms with Crippen LogP contribution in [0, 0.1) is 5.92 Å². The largest absolute Gasteiger partial charge is 0.469 e. The highest BCUT2D eigenvalue weighted by Crippen LogP contribution is 2.34. The molecule has 1 saturated carbocycles. The Morgan fingerprint density at radius 3 is 2.39 bits per heavy atom. The zero-order valence-corrected chi connectivity index (χ0v) is 11.6. The van der Waals surface area contributed by atoms with Crippen molar-refractivity contribution in [2.24, 2.45) is 5.92 Å². The fraction of sp³-hybridized carbons (Fsp3) is 0.917. The van der Waals surface area contributed by atoms with E-state index in [1.165, 1.54) is 7.11 Å². The first-order valence-corrected chi connectivity index (χ1v) is 8.14. The van der Waals surface area contributed by atoms with Gasteiger partial charge in [-0.3, -0.25) is 4.79 Å². The number of rotatable bonds is 3. The normalized spacial score (nSPS) is 30.3. The summed E-state index contributed by atoms with van der Waals surface area (Å²) in [4.78, 5) is 11.6. The minimum atomic E-state index is -3.33. The lowest BCUT2D eigenvalue weighted by Crippen LogP contribution is -2.44. The predicted molar refractivity (Wildman–Crippen MR) is 67.5 cm³/mol. The van der Waals surface area contributed by atoms with Gasteiger partial charge in [0.05, 0.1) is 18.3 Å². The molecule has 18 heavy (non-hydrogen) atoms. The first kappa shape index (κ1) is 13.8. The molecule has 5 nitrogen and oxygen atoms in total. The molecule has 0 bridgehead atoms. The smallest absolute Gasteiger partial charge is 0.310 e.